The monoisotopic (exact) mass is 298 g/mol. The van der Waals surface area contributed by atoms with E-state index in [-0.39, 0.29) is 5.92 Å². The summed E-state index contributed by atoms with van der Waals surface area (Å²) < 4.78 is 0. The molecule has 0 bridgehead atoms. The second kappa shape index (κ2) is 6.04. The molecule has 1 saturated heterocycles. The van der Waals surface area contributed by atoms with Crippen molar-refractivity contribution in [2.75, 3.05) is 32.7 Å². The van der Waals surface area contributed by atoms with E-state index in [1.54, 1.807) is 0 Å². The summed E-state index contributed by atoms with van der Waals surface area (Å²) in [5, 5.41) is 0. The Hall–Kier alpha value is -1.35. The van der Waals surface area contributed by atoms with Gasteiger partial charge in [-0.25, -0.2) is 0 Å². The molecule has 0 radical (unpaired) electrons. The van der Waals surface area contributed by atoms with Gasteiger partial charge in [0.15, 0.2) is 0 Å². The van der Waals surface area contributed by atoms with Gasteiger partial charge in [-0.15, -0.1) is 0 Å². The maximum absolute atomic E-state index is 12.7. The number of benzene rings is 1. The van der Waals surface area contributed by atoms with Crippen molar-refractivity contribution in [3.05, 3.63) is 35.9 Å². The van der Waals surface area contributed by atoms with Gasteiger partial charge in [-0.2, -0.15) is 0 Å². The largest absolute Gasteiger partial charge is 0.341 e. The Morgan fingerprint density at radius 3 is 2.64 bits per heavy atom. The van der Waals surface area contributed by atoms with E-state index >= 15 is 0 Å². The summed E-state index contributed by atoms with van der Waals surface area (Å²) in [5.41, 5.74) is 1.34. The number of carbonyl (C=O) groups is 1. The molecule has 1 amide bonds. The lowest BCUT2D eigenvalue weighted by Gasteiger charge is -2.22. The molecule has 1 aromatic rings. The Morgan fingerprint density at radius 1 is 1.05 bits per heavy atom. The van der Waals surface area contributed by atoms with Gasteiger partial charge in [-0.3, -0.25) is 4.79 Å². The van der Waals surface area contributed by atoms with Crippen LogP contribution in [-0.4, -0.2) is 48.4 Å². The molecule has 2 aliphatic carbocycles. The molecule has 2 unspecified atom stereocenters. The van der Waals surface area contributed by atoms with Crippen molar-refractivity contribution in [2.24, 2.45) is 11.8 Å². The molecule has 2 atom stereocenters. The van der Waals surface area contributed by atoms with E-state index in [2.05, 4.69) is 34.1 Å². The lowest BCUT2D eigenvalue weighted by Crippen LogP contribution is -2.36. The molecule has 3 fully saturated rings. The van der Waals surface area contributed by atoms with Gasteiger partial charge in [0.05, 0.1) is 0 Å². The van der Waals surface area contributed by atoms with Crippen LogP contribution in [0.1, 0.15) is 37.2 Å². The van der Waals surface area contributed by atoms with Gasteiger partial charge in [-0.05, 0) is 49.6 Å². The molecule has 0 N–H and O–H groups in total. The molecular weight excluding hydrogens is 272 g/mol. The van der Waals surface area contributed by atoms with Crippen LogP contribution in [0.25, 0.3) is 0 Å². The van der Waals surface area contributed by atoms with Crippen LogP contribution in [0.3, 0.4) is 0 Å². The maximum Gasteiger partial charge on any atom is 0.226 e. The molecule has 1 aromatic carbocycles. The molecule has 22 heavy (non-hydrogen) atoms. The van der Waals surface area contributed by atoms with E-state index in [4.69, 9.17) is 0 Å². The zero-order valence-electron chi connectivity index (χ0n) is 13.3. The quantitative estimate of drug-likeness (QED) is 0.853. The second-order valence-corrected chi connectivity index (χ2v) is 7.28. The molecule has 0 spiro atoms. The molecule has 0 aromatic heterocycles. The minimum atomic E-state index is 0.248. The Balaban J connectivity index is 1.31. The summed E-state index contributed by atoms with van der Waals surface area (Å²) in [4.78, 5) is 17.5. The summed E-state index contributed by atoms with van der Waals surface area (Å²) in [7, 11) is 0. The molecular formula is C19H26N2O. The fraction of sp³-hybridized carbons (Fsp3) is 0.632. The molecule has 1 heterocycles. The summed E-state index contributed by atoms with van der Waals surface area (Å²) >= 11 is 0. The topological polar surface area (TPSA) is 23.6 Å². The van der Waals surface area contributed by atoms with Gasteiger partial charge in [0.1, 0.15) is 0 Å². The van der Waals surface area contributed by atoms with Gasteiger partial charge in [0.2, 0.25) is 5.91 Å². The minimum Gasteiger partial charge on any atom is -0.341 e. The smallest absolute Gasteiger partial charge is 0.226 e. The fourth-order valence-corrected chi connectivity index (χ4v) is 3.81. The summed E-state index contributed by atoms with van der Waals surface area (Å²) in [6.07, 6.45) is 5.02. The number of rotatable bonds is 4. The minimum absolute atomic E-state index is 0.248. The maximum atomic E-state index is 12.7. The zero-order valence-corrected chi connectivity index (χ0v) is 13.3. The summed E-state index contributed by atoms with van der Waals surface area (Å²) in [6.45, 7) is 5.40. The van der Waals surface area contributed by atoms with Crippen LogP contribution in [0.15, 0.2) is 30.3 Å². The lowest BCUT2D eigenvalue weighted by molar-refractivity contribution is -0.132. The average molecular weight is 298 g/mol. The lowest BCUT2D eigenvalue weighted by atomic mass is 10.1. The van der Waals surface area contributed by atoms with Crippen molar-refractivity contribution in [2.45, 2.75) is 31.6 Å². The Labute approximate surface area is 133 Å². The van der Waals surface area contributed by atoms with Gasteiger partial charge in [-0.1, -0.05) is 30.3 Å². The molecule has 3 nitrogen and oxygen atoms in total. The van der Waals surface area contributed by atoms with Crippen LogP contribution in [0.2, 0.25) is 0 Å². The number of carbonyl (C=O) groups excluding carboxylic acids is 1. The van der Waals surface area contributed by atoms with Gasteiger partial charge in [0.25, 0.3) is 0 Å². The molecule has 2 saturated carbocycles. The van der Waals surface area contributed by atoms with Crippen LogP contribution < -0.4 is 0 Å². The Kier molecular flexibility index (Phi) is 3.91. The SMILES string of the molecule is O=C(C1CC1c1ccccc1)N1CCCN(CC2CC2)CC1. The number of nitrogens with zero attached hydrogens (tertiary/aromatic N) is 2. The predicted octanol–water partition coefficient (Wildman–Crippen LogP) is 2.73. The average Bonchev–Trinajstić information content (AvgIpc) is 3.43. The van der Waals surface area contributed by atoms with Crippen LogP contribution >= 0.6 is 0 Å². The van der Waals surface area contributed by atoms with E-state index in [0.29, 0.717) is 11.8 Å². The van der Waals surface area contributed by atoms with Crippen LogP contribution in [0.5, 0.6) is 0 Å². The fourth-order valence-electron chi connectivity index (χ4n) is 3.81. The van der Waals surface area contributed by atoms with Crippen molar-refractivity contribution in [1.29, 1.82) is 0 Å². The van der Waals surface area contributed by atoms with Crippen LogP contribution in [0.4, 0.5) is 0 Å². The molecule has 4 rings (SSSR count). The van der Waals surface area contributed by atoms with E-state index in [1.807, 2.05) is 6.07 Å². The van der Waals surface area contributed by atoms with Crippen molar-refractivity contribution < 1.29 is 4.79 Å². The molecule has 3 aliphatic rings. The third-order valence-corrected chi connectivity index (χ3v) is 5.45. The normalized spacial score (nSPS) is 29.2. The standard InChI is InChI=1S/C19H26N2O/c22-19(18-13-17(18)16-5-2-1-3-6-16)21-10-4-9-20(11-12-21)14-15-7-8-15/h1-3,5-6,15,17-18H,4,7-14H2. The third-order valence-electron chi connectivity index (χ3n) is 5.45. The van der Waals surface area contributed by atoms with E-state index in [1.165, 1.54) is 31.5 Å². The van der Waals surface area contributed by atoms with E-state index < -0.39 is 0 Å². The van der Waals surface area contributed by atoms with Gasteiger partial charge in [0, 0.05) is 32.1 Å². The number of hydrogen-bond acceptors (Lipinski definition) is 2. The van der Waals surface area contributed by atoms with Crippen LogP contribution in [0, 0.1) is 11.8 Å². The first-order valence-corrected chi connectivity index (χ1v) is 8.87. The first-order valence-electron chi connectivity index (χ1n) is 8.87. The van der Waals surface area contributed by atoms with Crippen molar-refractivity contribution >= 4 is 5.91 Å². The van der Waals surface area contributed by atoms with E-state index in [9.17, 15) is 4.79 Å². The Bertz CT molecular complexity index is 525. The highest BCUT2D eigenvalue weighted by Crippen LogP contribution is 2.48. The predicted molar refractivity (Wildman–Crippen MR) is 87.7 cm³/mol. The van der Waals surface area contributed by atoms with Crippen molar-refractivity contribution in [3.8, 4) is 0 Å². The summed E-state index contributed by atoms with van der Waals surface area (Å²) in [5.74, 6) is 2.08. The first-order chi connectivity index (χ1) is 10.8. The number of amides is 1. The summed E-state index contributed by atoms with van der Waals surface area (Å²) in [6, 6.07) is 10.5. The highest BCUT2D eigenvalue weighted by Gasteiger charge is 2.45. The van der Waals surface area contributed by atoms with E-state index in [0.717, 1.165) is 38.4 Å². The second-order valence-electron chi connectivity index (χ2n) is 7.28. The molecule has 118 valence electrons. The molecule has 1 aliphatic heterocycles. The first kappa shape index (κ1) is 14.3. The highest BCUT2D eigenvalue weighted by molar-refractivity contribution is 5.83. The van der Waals surface area contributed by atoms with Crippen molar-refractivity contribution in [3.63, 3.8) is 0 Å². The third kappa shape index (κ3) is 3.19. The highest BCUT2D eigenvalue weighted by atomic mass is 16.2. The number of hydrogen-bond donors (Lipinski definition) is 0. The van der Waals surface area contributed by atoms with Gasteiger partial charge >= 0.3 is 0 Å². The zero-order chi connectivity index (χ0) is 14.9. The van der Waals surface area contributed by atoms with Gasteiger partial charge < -0.3 is 9.80 Å². The Morgan fingerprint density at radius 2 is 1.86 bits per heavy atom. The molecule has 3 heteroatoms. The van der Waals surface area contributed by atoms with Crippen molar-refractivity contribution in [1.82, 2.24) is 9.80 Å². The van der Waals surface area contributed by atoms with Crippen LogP contribution in [-0.2, 0) is 4.79 Å².